The first kappa shape index (κ1) is 15.8. The van der Waals surface area contributed by atoms with Crippen molar-refractivity contribution in [3.63, 3.8) is 0 Å². The van der Waals surface area contributed by atoms with Gasteiger partial charge in [-0.2, -0.15) is 0 Å². The third-order valence-electron chi connectivity index (χ3n) is 3.23. The highest BCUT2D eigenvalue weighted by molar-refractivity contribution is 6.31. The maximum Gasteiger partial charge on any atom is 0.295 e. The van der Waals surface area contributed by atoms with Crippen molar-refractivity contribution in [2.75, 3.05) is 12.4 Å². The fourth-order valence-electron chi connectivity index (χ4n) is 2.07. The first-order valence-electron chi connectivity index (χ1n) is 7.00. The number of halogens is 1. The number of amides is 2. The summed E-state index contributed by atoms with van der Waals surface area (Å²) in [7, 11) is 1.54. The Bertz CT molecular complexity index is 945. The van der Waals surface area contributed by atoms with Crippen molar-refractivity contribution in [1.29, 1.82) is 0 Å². The number of hydrogen-bond donors (Lipinski definition) is 2. The highest BCUT2D eigenvalue weighted by Gasteiger charge is 2.13. The molecule has 2 amide bonds. The van der Waals surface area contributed by atoms with Gasteiger partial charge in [0.15, 0.2) is 0 Å². The van der Waals surface area contributed by atoms with Gasteiger partial charge in [0.1, 0.15) is 5.52 Å². The minimum absolute atomic E-state index is 0.0879. The van der Waals surface area contributed by atoms with E-state index in [-0.39, 0.29) is 11.7 Å². The van der Waals surface area contributed by atoms with Crippen LogP contribution in [0.15, 0.2) is 42.5 Å². The molecule has 2 N–H and O–H groups in total. The third kappa shape index (κ3) is 3.31. The average molecular weight is 342 g/mol. The van der Waals surface area contributed by atoms with Crippen molar-refractivity contribution in [1.82, 2.24) is 20.5 Å². The predicted molar refractivity (Wildman–Crippen MR) is 90.1 cm³/mol. The minimum atomic E-state index is -0.529. The summed E-state index contributed by atoms with van der Waals surface area (Å²) in [6.45, 7) is 0. The van der Waals surface area contributed by atoms with Crippen molar-refractivity contribution in [2.45, 2.75) is 0 Å². The second kappa shape index (κ2) is 6.59. The highest BCUT2D eigenvalue weighted by Crippen LogP contribution is 2.16. The van der Waals surface area contributed by atoms with Gasteiger partial charge in [0.05, 0.1) is 5.52 Å². The molecule has 0 bridgehead atoms. The van der Waals surface area contributed by atoms with Gasteiger partial charge < -0.3 is 10.6 Å². The van der Waals surface area contributed by atoms with Gasteiger partial charge in [-0.15, -0.1) is 10.2 Å². The molecular formula is C16H12ClN5O2. The van der Waals surface area contributed by atoms with E-state index in [4.69, 9.17) is 11.6 Å². The van der Waals surface area contributed by atoms with E-state index in [1.165, 1.54) is 7.05 Å². The van der Waals surface area contributed by atoms with Gasteiger partial charge in [-0.25, -0.2) is 4.98 Å². The second-order valence-electron chi connectivity index (χ2n) is 4.88. The van der Waals surface area contributed by atoms with E-state index < -0.39 is 5.91 Å². The number of benzene rings is 2. The molecule has 1 aromatic heterocycles. The number of aromatic nitrogens is 3. The van der Waals surface area contributed by atoms with Crippen LogP contribution in [0.5, 0.6) is 0 Å². The zero-order valence-electron chi connectivity index (χ0n) is 12.6. The summed E-state index contributed by atoms with van der Waals surface area (Å²) in [6.07, 6.45) is 0. The van der Waals surface area contributed by atoms with Crippen LogP contribution in [0.2, 0.25) is 5.02 Å². The summed E-state index contributed by atoms with van der Waals surface area (Å²) in [5, 5.41) is 13.4. The van der Waals surface area contributed by atoms with Gasteiger partial charge in [0.25, 0.3) is 11.8 Å². The number of carbonyl (C=O) groups is 2. The van der Waals surface area contributed by atoms with Crippen LogP contribution in [0.4, 0.5) is 5.69 Å². The van der Waals surface area contributed by atoms with E-state index in [0.717, 1.165) is 0 Å². The molecule has 1 heterocycles. The van der Waals surface area contributed by atoms with Crippen LogP contribution < -0.4 is 10.6 Å². The zero-order valence-corrected chi connectivity index (χ0v) is 13.3. The van der Waals surface area contributed by atoms with E-state index >= 15 is 0 Å². The second-order valence-corrected chi connectivity index (χ2v) is 5.32. The van der Waals surface area contributed by atoms with Gasteiger partial charge in [-0.1, -0.05) is 17.7 Å². The molecule has 0 saturated heterocycles. The molecule has 24 heavy (non-hydrogen) atoms. The van der Waals surface area contributed by atoms with Gasteiger partial charge in [0.2, 0.25) is 5.82 Å². The maximum absolute atomic E-state index is 12.3. The van der Waals surface area contributed by atoms with E-state index in [1.54, 1.807) is 42.5 Å². The lowest BCUT2D eigenvalue weighted by molar-refractivity contribution is 0.0961. The van der Waals surface area contributed by atoms with Gasteiger partial charge >= 0.3 is 0 Å². The molecule has 0 fully saturated rings. The molecule has 3 rings (SSSR count). The lowest BCUT2D eigenvalue weighted by atomic mass is 10.2. The summed E-state index contributed by atoms with van der Waals surface area (Å²) >= 11 is 5.91. The van der Waals surface area contributed by atoms with Crippen molar-refractivity contribution in [2.24, 2.45) is 0 Å². The van der Waals surface area contributed by atoms with Gasteiger partial charge in [0, 0.05) is 23.3 Å². The van der Waals surface area contributed by atoms with Crippen LogP contribution in [-0.2, 0) is 0 Å². The predicted octanol–water partition coefficient (Wildman–Crippen LogP) is 2.29. The normalized spacial score (nSPS) is 10.4. The van der Waals surface area contributed by atoms with Crippen molar-refractivity contribution >= 4 is 40.1 Å². The number of nitrogens with zero attached hydrogens (tertiary/aromatic N) is 3. The molecule has 3 aromatic rings. The Morgan fingerprint density at radius 2 is 1.83 bits per heavy atom. The van der Waals surface area contributed by atoms with Crippen molar-refractivity contribution in [3.8, 4) is 0 Å². The Morgan fingerprint density at radius 3 is 2.62 bits per heavy atom. The van der Waals surface area contributed by atoms with E-state index in [0.29, 0.717) is 27.3 Å². The summed E-state index contributed by atoms with van der Waals surface area (Å²) < 4.78 is 0. The molecule has 0 unspecified atom stereocenters. The Hall–Kier alpha value is -3.06. The fourth-order valence-corrected chi connectivity index (χ4v) is 2.24. The maximum atomic E-state index is 12.3. The number of rotatable bonds is 3. The van der Waals surface area contributed by atoms with Gasteiger partial charge in [-0.3, -0.25) is 9.59 Å². The third-order valence-corrected chi connectivity index (χ3v) is 3.46. The molecule has 0 atom stereocenters. The molecular weight excluding hydrogens is 330 g/mol. The molecule has 7 nitrogen and oxygen atoms in total. The quantitative estimate of drug-likeness (QED) is 0.761. The van der Waals surface area contributed by atoms with Crippen molar-refractivity contribution in [3.05, 3.63) is 58.9 Å². The van der Waals surface area contributed by atoms with E-state index in [2.05, 4.69) is 25.8 Å². The fraction of sp³-hybridized carbons (Fsp3) is 0.0625. The lowest BCUT2D eigenvalue weighted by Gasteiger charge is -2.06. The molecule has 0 radical (unpaired) electrons. The number of hydrogen-bond acceptors (Lipinski definition) is 5. The minimum Gasteiger partial charge on any atom is -0.355 e. The molecule has 8 heteroatoms. The van der Waals surface area contributed by atoms with Crippen LogP contribution in [0.25, 0.3) is 11.0 Å². The molecule has 120 valence electrons. The molecule has 0 aliphatic carbocycles. The number of anilines is 1. The molecule has 0 spiro atoms. The largest absolute Gasteiger partial charge is 0.355 e. The molecule has 0 aliphatic heterocycles. The monoisotopic (exact) mass is 341 g/mol. The average Bonchev–Trinajstić information content (AvgIpc) is 2.60. The Labute approximate surface area is 142 Å². The smallest absolute Gasteiger partial charge is 0.295 e. The Balaban J connectivity index is 1.86. The first-order valence-corrected chi connectivity index (χ1v) is 7.38. The number of fused-ring (bicyclic) bond motifs is 1. The van der Waals surface area contributed by atoms with Crippen molar-refractivity contribution < 1.29 is 9.59 Å². The summed E-state index contributed by atoms with van der Waals surface area (Å²) in [5.41, 5.74) is 1.90. The Morgan fingerprint density at radius 1 is 1.00 bits per heavy atom. The van der Waals surface area contributed by atoms with Crippen LogP contribution in [0.1, 0.15) is 21.0 Å². The van der Waals surface area contributed by atoms with Crippen LogP contribution in [0.3, 0.4) is 0 Å². The highest BCUT2D eigenvalue weighted by atomic mass is 35.5. The summed E-state index contributed by atoms with van der Waals surface area (Å²) in [5.74, 6) is -0.863. The lowest BCUT2D eigenvalue weighted by Crippen LogP contribution is -2.19. The standard InChI is InChI=1S/C16H12ClN5O2/c1-18-15(23)9-3-2-4-11(7-9)19-16(24)14-20-13-8-10(17)5-6-12(13)21-22-14/h2-8H,1H3,(H,18,23)(H,19,24). The number of carbonyl (C=O) groups excluding carboxylic acids is 2. The van der Waals surface area contributed by atoms with Crippen LogP contribution in [-0.4, -0.2) is 34.0 Å². The van der Waals surface area contributed by atoms with Crippen LogP contribution in [0, 0.1) is 0 Å². The SMILES string of the molecule is CNC(=O)c1cccc(NC(=O)c2nnc3ccc(Cl)cc3n2)c1. The van der Waals surface area contributed by atoms with E-state index in [9.17, 15) is 9.59 Å². The molecule has 2 aromatic carbocycles. The summed E-state index contributed by atoms with van der Waals surface area (Å²) in [6, 6.07) is 11.5. The molecule has 0 saturated carbocycles. The zero-order chi connectivity index (χ0) is 17.1. The number of nitrogens with one attached hydrogen (secondary N) is 2. The Kier molecular flexibility index (Phi) is 4.35. The van der Waals surface area contributed by atoms with E-state index in [1.807, 2.05) is 0 Å². The van der Waals surface area contributed by atoms with Crippen LogP contribution >= 0.6 is 11.6 Å². The first-order chi connectivity index (χ1) is 11.6. The molecule has 0 aliphatic rings. The van der Waals surface area contributed by atoms with Gasteiger partial charge in [-0.05, 0) is 36.4 Å². The summed E-state index contributed by atoms with van der Waals surface area (Å²) in [4.78, 5) is 28.1. The topological polar surface area (TPSA) is 96.9 Å².